The molecule has 1 amide bonds. The average molecular weight is 337 g/mol. The number of aliphatic carboxylic acids is 1. The molecule has 0 aliphatic carbocycles. The molecule has 8 nitrogen and oxygen atoms in total. The van der Waals surface area contributed by atoms with Crippen molar-refractivity contribution < 1.29 is 24.5 Å². The zero-order chi connectivity index (χ0) is 17.1. The highest BCUT2D eigenvalue weighted by Gasteiger charge is 2.15. The van der Waals surface area contributed by atoms with E-state index in [9.17, 15) is 14.7 Å². The van der Waals surface area contributed by atoms with Crippen molar-refractivity contribution in [3.05, 3.63) is 0 Å². The number of carbonyl (C=O) groups excluding carboxylic acids is 1. The second kappa shape index (κ2) is 11.7. The molecular formula is C13H27N3O5S. The first kappa shape index (κ1) is 21.1. The van der Waals surface area contributed by atoms with Crippen molar-refractivity contribution >= 4 is 23.6 Å². The highest BCUT2D eigenvalue weighted by molar-refractivity contribution is 7.99. The van der Waals surface area contributed by atoms with Crippen LogP contribution >= 0.6 is 11.8 Å². The van der Waals surface area contributed by atoms with E-state index in [-0.39, 0.29) is 25.2 Å². The Hall–Kier alpha value is -0.870. The van der Waals surface area contributed by atoms with Gasteiger partial charge >= 0.3 is 5.97 Å². The van der Waals surface area contributed by atoms with Gasteiger partial charge in [0.05, 0.1) is 19.3 Å². The predicted molar refractivity (Wildman–Crippen MR) is 85.6 cm³/mol. The van der Waals surface area contributed by atoms with Crippen LogP contribution in [0.25, 0.3) is 0 Å². The number of hydrogen-bond acceptors (Lipinski definition) is 7. The number of nitrogens with one attached hydrogen (secondary N) is 1. The maximum atomic E-state index is 11.5. The average Bonchev–Trinajstić information content (AvgIpc) is 2.42. The molecule has 0 rings (SSSR count). The number of hydrogen-bond donors (Lipinski definition) is 5. The fourth-order valence-electron chi connectivity index (χ4n) is 1.40. The van der Waals surface area contributed by atoms with Crippen molar-refractivity contribution in [3.63, 3.8) is 0 Å². The van der Waals surface area contributed by atoms with Gasteiger partial charge in [0.15, 0.2) is 0 Å². The molecule has 0 aromatic rings. The lowest BCUT2D eigenvalue weighted by Gasteiger charge is -2.16. The number of aliphatic hydroxyl groups is 1. The van der Waals surface area contributed by atoms with Crippen molar-refractivity contribution in [2.24, 2.45) is 11.5 Å². The standard InChI is InChI=1S/C13H27N3O5S/c1-8(2)16-12(18)11(15)6-21-5-9(17)7-22-4-3-10(14)13(19)20/h8-11,17H,3-7,14-15H2,1-2H3,(H,16,18)(H,19,20). The van der Waals surface area contributed by atoms with Crippen LogP contribution in [0.5, 0.6) is 0 Å². The Morgan fingerprint density at radius 3 is 2.41 bits per heavy atom. The minimum absolute atomic E-state index is 0.0118. The number of ether oxygens (including phenoxy) is 1. The highest BCUT2D eigenvalue weighted by atomic mass is 32.2. The first-order chi connectivity index (χ1) is 10.2. The third-order valence-corrected chi connectivity index (χ3v) is 3.72. The van der Waals surface area contributed by atoms with Gasteiger partial charge in [0.1, 0.15) is 12.1 Å². The number of thioether (sulfide) groups is 1. The zero-order valence-electron chi connectivity index (χ0n) is 13.0. The molecule has 3 atom stereocenters. The number of carbonyl (C=O) groups is 2. The molecule has 0 heterocycles. The molecule has 0 saturated carbocycles. The van der Waals surface area contributed by atoms with Gasteiger partial charge in [-0.25, -0.2) is 0 Å². The summed E-state index contributed by atoms with van der Waals surface area (Å²) in [6, 6.07) is -1.63. The Morgan fingerprint density at radius 2 is 1.86 bits per heavy atom. The van der Waals surface area contributed by atoms with Crippen molar-refractivity contribution in [1.82, 2.24) is 5.32 Å². The number of carboxylic acids is 1. The van der Waals surface area contributed by atoms with Gasteiger partial charge in [-0.2, -0.15) is 11.8 Å². The van der Waals surface area contributed by atoms with Crippen LogP contribution in [0.2, 0.25) is 0 Å². The van der Waals surface area contributed by atoms with Crippen LogP contribution in [0.15, 0.2) is 0 Å². The van der Waals surface area contributed by atoms with Gasteiger partial charge in [-0.3, -0.25) is 9.59 Å². The van der Waals surface area contributed by atoms with Gasteiger partial charge in [-0.1, -0.05) is 0 Å². The van der Waals surface area contributed by atoms with E-state index in [0.717, 1.165) is 0 Å². The van der Waals surface area contributed by atoms with Gasteiger partial charge in [0, 0.05) is 11.8 Å². The Morgan fingerprint density at radius 1 is 1.23 bits per heavy atom. The van der Waals surface area contributed by atoms with Crippen LogP contribution in [-0.4, -0.2) is 71.0 Å². The van der Waals surface area contributed by atoms with Crippen molar-refractivity contribution in [2.75, 3.05) is 24.7 Å². The lowest BCUT2D eigenvalue weighted by Crippen LogP contribution is -2.46. The van der Waals surface area contributed by atoms with E-state index in [1.165, 1.54) is 11.8 Å². The van der Waals surface area contributed by atoms with Gasteiger partial charge in [-0.05, 0) is 26.0 Å². The predicted octanol–water partition coefficient (Wildman–Crippen LogP) is -1.25. The number of nitrogens with two attached hydrogens (primary N) is 2. The molecule has 22 heavy (non-hydrogen) atoms. The molecule has 0 aliphatic rings. The summed E-state index contributed by atoms with van der Waals surface area (Å²) < 4.78 is 5.21. The lowest BCUT2D eigenvalue weighted by molar-refractivity contribution is -0.138. The van der Waals surface area contributed by atoms with E-state index in [2.05, 4.69) is 5.32 Å². The third-order valence-electron chi connectivity index (χ3n) is 2.58. The van der Waals surface area contributed by atoms with Crippen LogP contribution in [0.3, 0.4) is 0 Å². The molecule has 3 unspecified atom stereocenters. The summed E-state index contributed by atoms with van der Waals surface area (Å²) >= 11 is 1.40. The van der Waals surface area contributed by atoms with E-state index in [1.54, 1.807) is 0 Å². The first-order valence-electron chi connectivity index (χ1n) is 7.12. The van der Waals surface area contributed by atoms with Crippen LogP contribution in [0, 0.1) is 0 Å². The monoisotopic (exact) mass is 337 g/mol. The van der Waals surface area contributed by atoms with Crippen LogP contribution < -0.4 is 16.8 Å². The second-order valence-electron chi connectivity index (χ2n) is 5.27. The van der Waals surface area contributed by atoms with Crippen LogP contribution in [0.4, 0.5) is 0 Å². The van der Waals surface area contributed by atoms with Crippen molar-refractivity contribution in [1.29, 1.82) is 0 Å². The maximum absolute atomic E-state index is 11.5. The van der Waals surface area contributed by atoms with Gasteiger partial charge < -0.3 is 31.7 Å². The fraction of sp³-hybridized carbons (Fsp3) is 0.846. The van der Waals surface area contributed by atoms with Gasteiger partial charge in [-0.15, -0.1) is 0 Å². The molecule has 0 saturated heterocycles. The molecule has 0 fully saturated rings. The molecule has 0 aliphatic heterocycles. The van der Waals surface area contributed by atoms with E-state index >= 15 is 0 Å². The van der Waals surface area contributed by atoms with E-state index in [4.69, 9.17) is 21.3 Å². The Labute approximate surface area is 134 Å². The molecular weight excluding hydrogens is 310 g/mol. The second-order valence-corrected chi connectivity index (χ2v) is 6.42. The van der Waals surface area contributed by atoms with E-state index < -0.39 is 24.2 Å². The summed E-state index contributed by atoms with van der Waals surface area (Å²) in [7, 11) is 0. The quantitative estimate of drug-likeness (QED) is 0.277. The Bertz CT molecular complexity index is 344. The summed E-state index contributed by atoms with van der Waals surface area (Å²) in [6.45, 7) is 3.77. The molecule has 0 radical (unpaired) electrons. The summed E-state index contributed by atoms with van der Waals surface area (Å²) in [6.07, 6.45) is -0.361. The number of rotatable bonds is 12. The van der Waals surface area contributed by atoms with Crippen molar-refractivity contribution in [2.45, 2.75) is 44.5 Å². The molecule has 9 heteroatoms. The molecule has 7 N–H and O–H groups in total. The fourth-order valence-corrected chi connectivity index (χ4v) is 2.36. The summed E-state index contributed by atoms with van der Waals surface area (Å²) in [5, 5.41) is 21.0. The number of carboxylic acid groups (broad SMARTS) is 1. The smallest absolute Gasteiger partial charge is 0.320 e. The minimum atomic E-state index is -1.03. The first-order valence-corrected chi connectivity index (χ1v) is 8.27. The molecule has 130 valence electrons. The Kier molecular flexibility index (Phi) is 11.2. The number of aliphatic hydroxyl groups excluding tert-OH is 1. The lowest BCUT2D eigenvalue weighted by atomic mass is 10.2. The van der Waals surface area contributed by atoms with Crippen LogP contribution in [0.1, 0.15) is 20.3 Å². The van der Waals surface area contributed by atoms with Crippen LogP contribution in [-0.2, 0) is 14.3 Å². The number of amides is 1. The third kappa shape index (κ3) is 10.8. The van der Waals surface area contributed by atoms with E-state index in [1.807, 2.05) is 13.8 Å². The van der Waals surface area contributed by atoms with Crippen molar-refractivity contribution in [3.8, 4) is 0 Å². The zero-order valence-corrected chi connectivity index (χ0v) is 13.8. The van der Waals surface area contributed by atoms with E-state index in [0.29, 0.717) is 17.9 Å². The summed E-state index contributed by atoms with van der Waals surface area (Å²) in [5.74, 6) is -0.375. The minimum Gasteiger partial charge on any atom is -0.480 e. The topological polar surface area (TPSA) is 148 Å². The molecule has 0 spiro atoms. The summed E-state index contributed by atoms with van der Waals surface area (Å²) in [4.78, 5) is 22.0. The summed E-state index contributed by atoms with van der Waals surface area (Å²) in [5.41, 5.74) is 11.0. The molecule has 0 aromatic carbocycles. The largest absolute Gasteiger partial charge is 0.480 e. The van der Waals surface area contributed by atoms with Gasteiger partial charge in [0.2, 0.25) is 5.91 Å². The Balaban J connectivity index is 3.67. The SMILES string of the molecule is CC(C)NC(=O)C(N)COCC(O)CSCCC(N)C(=O)O. The normalized spacial score (nSPS) is 15.4. The molecule has 0 aromatic heterocycles. The maximum Gasteiger partial charge on any atom is 0.320 e. The molecule has 0 bridgehead atoms. The highest BCUT2D eigenvalue weighted by Crippen LogP contribution is 2.07. The van der Waals surface area contributed by atoms with Gasteiger partial charge in [0.25, 0.3) is 0 Å².